The van der Waals surface area contributed by atoms with Crippen molar-refractivity contribution in [1.29, 1.82) is 0 Å². The van der Waals surface area contributed by atoms with E-state index < -0.39 is 12.1 Å². The Morgan fingerprint density at radius 3 is 1.56 bits per heavy atom. The molecule has 0 aliphatic rings. The van der Waals surface area contributed by atoms with Crippen molar-refractivity contribution in [2.75, 3.05) is 6.61 Å². The molecule has 0 heterocycles. The van der Waals surface area contributed by atoms with Crippen LogP contribution in [-0.2, 0) is 4.79 Å². The van der Waals surface area contributed by atoms with E-state index in [4.69, 9.17) is 10.2 Å². The third-order valence-corrected chi connectivity index (χ3v) is 2.21. The number of aliphatic carboxylic acids is 1. The SMILES string of the molecule is CC(C)C(=O)O.CC(CO)C(O)C(C)(C)C. The van der Waals surface area contributed by atoms with Gasteiger partial charge in [0.25, 0.3) is 0 Å². The predicted molar refractivity (Wildman–Crippen MR) is 64.2 cm³/mol. The van der Waals surface area contributed by atoms with Crippen molar-refractivity contribution in [3.8, 4) is 0 Å². The number of hydrogen-bond acceptors (Lipinski definition) is 3. The summed E-state index contributed by atoms with van der Waals surface area (Å²) >= 11 is 0. The number of carboxylic acids is 1. The van der Waals surface area contributed by atoms with Gasteiger partial charge in [0.2, 0.25) is 0 Å². The lowest BCUT2D eigenvalue weighted by atomic mass is 9.82. The maximum Gasteiger partial charge on any atom is 0.305 e. The monoisotopic (exact) mass is 234 g/mol. The Kier molecular flexibility index (Phi) is 8.47. The molecule has 0 aliphatic heterocycles. The van der Waals surface area contributed by atoms with Crippen molar-refractivity contribution >= 4 is 5.97 Å². The van der Waals surface area contributed by atoms with Crippen LogP contribution in [0.15, 0.2) is 0 Å². The second-order valence-electron chi connectivity index (χ2n) is 5.46. The number of carbonyl (C=O) groups is 1. The molecule has 0 spiro atoms. The summed E-state index contributed by atoms with van der Waals surface area (Å²) in [6.07, 6.45) is -0.419. The maximum absolute atomic E-state index is 9.70. The standard InChI is InChI=1S/C8H18O2.C4H8O2/c1-6(5-9)7(10)8(2,3)4;1-3(2)4(5)6/h6-7,9-10H,5H2,1-4H3;3H,1-2H3,(H,5,6). The van der Waals surface area contributed by atoms with Gasteiger partial charge in [-0.05, 0) is 5.41 Å². The average Bonchev–Trinajstić information content (AvgIpc) is 2.14. The minimum atomic E-state index is -0.741. The molecule has 2 unspecified atom stereocenters. The molecule has 2 atom stereocenters. The molecule has 0 saturated carbocycles. The number of carboxylic acid groups (broad SMARTS) is 1. The van der Waals surface area contributed by atoms with Gasteiger partial charge in [0, 0.05) is 12.5 Å². The first kappa shape index (κ1) is 17.8. The third-order valence-electron chi connectivity index (χ3n) is 2.21. The molecule has 0 radical (unpaired) electrons. The molecule has 98 valence electrons. The first-order chi connectivity index (χ1) is 7.03. The summed E-state index contributed by atoms with van der Waals surface area (Å²) in [5.74, 6) is -1.00. The topological polar surface area (TPSA) is 77.8 Å². The van der Waals surface area contributed by atoms with Crippen LogP contribution in [0.3, 0.4) is 0 Å². The van der Waals surface area contributed by atoms with Crippen molar-refractivity contribution in [3.63, 3.8) is 0 Å². The average molecular weight is 234 g/mol. The predicted octanol–water partition coefficient (Wildman–Crippen LogP) is 1.75. The fraction of sp³-hybridized carbons (Fsp3) is 0.917. The zero-order valence-corrected chi connectivity index (χ0v) is 11.2. The molecule has 0 saturated heterocycles. The third kappa shape index (κ3) is 8.68. The molecule has 0 amide bonds. The summed E-state index contributed by atoms with van der Waals surface area (Å²) in [7, 11) is 0. The van der Waals surface area contributed by atoms with Crippen LogP contribution in [0.1, 0.15) is 41.5 Å². The Morgan fingerprint density at radius 2 is 1.50 bits per heavy atom. The van der Waals surface area contributed by atoms with Gasteiger partial charge in [0.1, 0.15) is 0 Å². The largest absolute Gasteiger partial charge is 0.481 e. The van der Waals surface area contributed by atoms with Crippen LogP contribution in [0.4, 0.5) is 0 Å². The summed E-state index contributed by atoms with van der Waals surface area (Å²) in [5.41, 5.74) is -0.123. The number of rotatable bonds is 3. The maximum atomic E-state index is 9.70. The second-order valence-corrected chi connectivity index (χ2v) is 5.46. The van der Waals surface area contributed by atoms with Crippen LogP contribution < -0.4 is 0 Å². The van der Waals surface area contributed by atoms with E-state index in [0.29, 0.717) is 0 Å². The van der Waals surface area contributed by atoms with Gasteiger partial charge in [-0.2, -0.15) is 0 Å². The van der Waals surface area contributed by atoms with Gasteiger partial charge in [0.05, 0.1) is 12.0 Å². The smallest absolute Gasteiger partial charge is 0.305 e. The normalized spacial score (nSPS) is 15.1. The summed E-state index contributed by atoms with van der Waals surface area (Å²) in [5, 5.41) is 26.2. The van der Waals surface area contributed by atoms with E-state index in [1.54, 1.807) is 13.8 Å². The van der Waals surface area contributed by atoms with Crippen molar-refractivity contribution < 1.29 is 20.1 Å². The minimum absolute atomic E-state index is 0.0278. The molecule has 0 aromatic rings. The van der Waals surface area contributed by atoms with Gasteiger partial charge in [-0.15, -0.1) is 0 Å². The van der Waals surface area contributed by atoms with Gasteiger partial charge in [-0.1, -0.05) is 41.5 Å². The second kappa shape index (κ2) is 7.63. The number of hydrogen-bond donors (Lipinski definition) is 3. The lowest BCUT2D eigenvalue weighted by Gasteiger charge is -2.29. The summed E-state index contributed by atoms with van der Waals surface area (Å²) in [6.45, 7) is 11.1. The quantitative estimate of drug-likeness (QED) is 0.695. The number of aliphatic hydroxyl groups is 2. The van der Waals surface area contributed by atoms with Gasteiger partial charge < -0.3 is 15.3 Å². The van der Waals surface area contributed by atoms with Gasteiger partial charge in [-0.3, -0.25) is 4.79 Å². The highest BCUT2D eigenvalue weighted by Gasteiger charge is 2.26. The molecule has 0 bridgehead atoms. The highest BCUT2D eigenvalue weighted by Crippen LogP contribution is 2.24. The summed E-state index contributed by atoms with van der Waals surface area (Å²) in [6, 6.07) is 0. The molecule has 0 aliphatic carbocycles. The van der Waals surface area contributed by atoms with Crippen LogP contribution in [-0.4, -0.2) is 34.0 Å². The Morgan fingerprint density at radius 1 is 1.19 bits per heavy atom. The Hall–Kier alpha value is -0.610. The van der Waals surface area contributed by atoms with E-state index in [2.05, 4.69) is 0 Å². The molecular weight excluding hydrogens is 208 g/mol. The van der Waals surface area contributed by atoms with E-state index in [1.807, 2.05) is 27.7 Å². The van der Waals surface area contributed by atoms with E-state index in [1.165, 1.54) is 0 Å². The molecule has 0 aromatic carbocycles. The Labute approximate surface area is 98.3 Å². The van der Waals surface area contributed by atoms with Crippen molar-refractivity contribution in [3.05, 3.63) is 0 Å². The fourth-order valence-corrected chi connectivity index (χ4v) is 0.953. The Bertz CT molecular complexity index is 194. The molecule has 4 nitrogen and oxygen atoms in total. The van der Waals surface area contributed by atoms with Crippen molar-refractivity contribution in [1.82, 2.24) is 0 Å². The summed E-state index contributed by atoms with van der Waals surface area (Å²) in [4.78, 5) is 9.70. The molecule has 3 N–H and O–H groups in total. The first-order valence-electron chi connectivity index (χ1n) is 5.55. The first-order valence-corrected chi connectivity index (χ1v) is 5.55. The highest BCUT2D eigenvalue weighted by molar-refractivity contribution is 5.68. The molecule has 0 fully saturated rings. The van der Waals surface area contributed by atoms with Crippen molar-refractivity contribution in [2.45, 2.75) is 47.6 Å². The molecule has 0 aromatic heterocycles. The van der Waals surface area contributed by atoms with Gasteiger partial charge in [-0.25, -0.2) is 0 Å². The van der Waals surface area contributed by atoms with Crippen molar-refractivity contribution in [2.24, 2.45) is 17.3 Å². The number of aliphatic hydroxyl groups excluding tert-OH is 2. The van der Waals surface area contributed by atoms with Crippen LogP contribution in [0.25, 0.3) is 0 Å². The van der Waals surface area contributed by atoms with E-state index >= 15 is 0 Å². The molecule has 16 heavy (non-hydrogen) atoms. The highest BCUT2D eigenvalue weighted by atomic mass is 16.4. The van der Waals surface area contributed by atoms with Crippen LogP contribution in [0.5, 0.6) is 0 Å². The van der Waals surface area contributed by atoms with Crippen LogP contribution in [0.2, 0.25) is 0 Å². The lowest BCUT2D eigenvalue weighted by molar-refractivity contribution is -0.140. The zero-order valence-electron chi connectivity index (χ0n) is 11.2. The summed E-state index contributed by atoms with van der Waals surface area (Å²) < 4.78 is 0. The molecule has 0 rings (SSSR count). The Balaban J connectivity index is 0. The minimum Gasteiger partial charge on any atom is -0.481 e. The van der Waals surface area contributed by atoms with E-state index in [0.717, 1.165) is 0 Å². The van der Waals surface area contributed by atoms with E-state index in [9.17, 15) is 9.90 Å². The molecule has 4 heteroatoms. The van der Waals surface area contributed by atoms with Gasteiger partial charge >= 0.3 is 5.97 Å². The van der Waals surface area contributed by atoms with Crippen LogP contribution >= 0.6 is 0 Å². The zero-order chi connectivity index (χ0) is 13.5. The van der Waals surface area contributed by atoms with Gasteiger partial charge in [0.15, 0.2) is 0 Å². The fourth-order valence-electron chi connectivity index (χ4n) is 0.953. The van der Waals surface area contributed by atoms with Crippen LogP contribution in [0, 0.1) is 17.3 Å². The lowest BCUT2D eigenvalue weighted by Crippen LogP contribution is -2.33. The molecular formula is C12H26O4. The van der Waals surface area contributed by atoms with E-state index in [-0.39, 0.29) is 23.9 Å².